The normalized spacial score (nSPS) is 10.0. The molecule has 0 radical (unpaired) electrons. The van der Waals surface area contributed by atoms with E-state index in [9.17, 15) is 9.59 Å². The Labute approximate surface area is 172 Å². The van der Waals surface area contributed by atoms with Crippen molar-refractivity contribution in [2.45, 2.75) is 0 Å². The first-order valence-electron chi connectivity index (χ1n) is 9.06. The van der Waals surface area contributed by atoms with Gasteiger partial charge < -0.3 is 10.2 Å². The Balaban J connectivity index is 1.56. The lowest BCUT2D eigenvalue weighted by molar-refractivity contribution is 0.0686. The molecule has 4 heteroatoms. The molecular formula is C26H14O4. The second kappa shape index (κ2) is 7.83. The number of carboxylic acids is 2. The van der Waals surface area contributed by atoms with Crippen molar-refractivity contribution in [3.63, 3.8) is 0 Å². The number of fused-ring (bicyclic) bond motifs is 2. The van der Waals surface area contributed by atoms with Crippen molar-refractivity contribution in [2.24, 2.45) is 0 Å². The summed E-state index contributed by atoms with van der Waals surface area (Å²) in [6, 6.07) is 21.1. The molecule has 0 unspecified atom stereocenters. The molecule has 142 valence electrons. The zero-order chi connectivity index (χ0) is 21.1. The van der Waals surface area contributed by atoms with Gasteiger partial charge in [-0.25, -0.2) is 9.59 Å². The number of carbonyl (C=O) groups is 2. The largest absolute Gasteiger partial charge is 0.478 e. The molecular weight excluding hydrogens is 376 g/mol. The van der Waals surface area contributed by atoms with Gasteiger partial charge in [-0.1, -0.05) is 36.1 Å². The molecule has 0 aliphatic carbocycles. The Morgan fingerprint density at radius 2 is 0.900 bits per heavy atom. The van der Waals surface area contributed by atoms with Gasteiger partial charge in [0.25, 0.3) is 0 Å². The molecule has 0 aliphatic rings. The van der Waals surface area contributed by atoms with Crippen LogP contribution in [-0.2, 0) is 0 Å². The van der Waals surface area contributed by atoms with Crippen molar-refractivity contribution in [2.75, 3.05) is 0 Å². The van der Waals surface area contributed by atoms with Crippen molar-refractivity contribution < 1.29 is 19.8 Å². The zero-order valence-corrected chi connectivity index (χ0v) is 15.6. The Morgan fingerprint density at radius 3 is 1.30 bits per heavy atom. The molecule has 0 aliphatic heterocycles. The Kier molecular flexibility index (Phi) is 4.91. The van der Waals surface area contributed by atoms with Gasteiger partial charge in [0.05, 0.1) is 11.1 Å². The highest BCUT2D eigenvalue weighted by molar-refractivity contribution is 5.95. The number of hydrogen-bond donors (Lipinski definition) is 2. The fourth-order valence-corrected chi connectivity index (χ4v) is 3.12. The van der Waals surface area contributed by atoms with E-state index in [0.717, 1.165) is 32.7 Å². The molecule has 4 aromatic carbocycles. The lowest BCUT2D eigenvalue weighted by Crippen LogP contribution is -1.95. The van der Waals surface area contributed by atoms with Gasteiger partial charge in [-0.2, -0.15) is 0 Å². The molecule has 30 heavy (non-hydrogen) atoms. The molecule has 0 aromatic heterocycles. The topological polar surface area (TPSA) is 74.6 Å². The summed E-state index contributed by atoms with van der Waals surface area (Å²) in [6.45, 7) is 0. The summed E-state index contributed by atoms with van der Waals surface area (Å²) in [6.07, 6.45) is 0. The zero-order valence-electron chi connectivity index (χ0n) is 15.6. The average Bonchev–Trinajstić information content (AvgIpc) is 2.75. The van der Waals surface area contributed by atoms with Gasteiger partial charge in [0.1, 0.15) is 0 Å². The highest BCUT2D eigenvalue weighted by atomic mass is 16.4. The predicted molar refractivity (Wildman–Crippen MR) is 116 cm³/mol. The van der Waals surface area contributed by atoms with Gasteiger partial charge in [0.15, 0.2) is 0 Å². The third kappa shape index (κ3) is 3.99. The van der Waals surface area contributed by atoms with Crippen LogP contribution in [0.3, 0.4) is 0 Å². The van der Waals surface area contributed by atoms with Crippen LogP contribution in [0.1, 0.15) is 31.8 Å². The van der Waals surface area contributed by atoms with Gasteiger partial charge in [-0.3, -0.25) is 0 Å². The quantitative estimate of drug-likeness (QED) is 0.483. The first-order valence-corrected chi connectivity index (χ1v) is 9.06. The smallest absolute Gasteiger partial charge is 0.335 e. The Morgan fingerprint density at radius 1 is 0.533 bits per heavy atom. The van der Waals surface area contributed by atoms with Crippen molar-refractivity contribution in [3.05, 3.63) is 95.1 Å². The molecule has 4 aromatic rings. The number of hydrogen-bond acceptors (Lipinski definition) is 2. The van der Waals surface area contributed by atoms with Gasteiger partial charge in [-0.05, 0) is 81.9 Å². The summed E-state index contributed by atoms with van der Waals surface area (Å²) in [5.41, 5.74) is 2.09. The first kappa shape index (κ1) is 18.8. The van der Waals surface area contributed by atoms with Crippen LogP contribution in [-0.4, -0.2) is 22.2 Å². The maximum atomic E-state index is 11.1. The van der Waals surface area contributed by atoms with E-state index in [-0.39, 0.29) is 11.1 Å². The van der Waals surface area contributed by atoms with Crippen LogP contribution in [0, 0.1) is 23.7 Å². The van der Waals surface area contributed by atoms with Crippen LogP contribution in [0.15, 0.2) is 72.8 Å². The molecule has 0 saturated heterocycles. The van der Waals surface area contributed by atoms with Crippen LogP contribution in [0.2, 0.25) is 0 Å². The van der Waals surface area contributed by atoms with Gasteiger partial charge in [-0.15, -0.1) is 0 Å². The summed E-state index contributed by atoms with van der Waals surface area (Å²) in [7, 11) is 0. The van der Waals surface area contributed by atoms with E-state index in [1.54, 1.807) is 36.4 Å². The third-order valence-corrected chi connectivity index (χ3v) is 4.65. The van der Waals surface area contributed by atoms with E-state index < -0.39 is 11.9 Å². The second-order valence-electron chi connectivity index (χ2n) is 6.66. The highest BCUT2D eigenvalue weighted by Crippen LogP contribution is 2.19. The van der Waals surface area contributed by atoms with Crippen LogP contribution in [0.5, 0.6) is 0 Å². The molecule has 0 saturated carbocycles. The van der Waals surface area contributed by atoms with E-state index >= 15 is 0 Å². The fraction of sp³-hybridized carbons (Fsp3) is 0. The lowest BCUT2D eigenvalue weighted by atomic mass is 10.0. The standard InChI is InChI=1S/C26H14O4/c27-25(28)23-11-9-19-13-17(5-7-21(19)15-23)3-1-2-4-18-6-8-22-16-24(26(29)30)12-10-20(22)14-18/h5-16H,(H,27,28)(H,29,30). The summed E-state index contributed by atoms with van der Waals surface area (Å²) in [5.74, 6) is 9.76. The van der Waals surface area contributed by atoms with Crippen molar-refractivity contribution >= 4 is 33.5 Å². The highest BCUT2D eigenvalue weighted by Gasteiger charge is 2.04. The van der Waals surface area contributed by atoms with Crippen molar-refractivity contribution in [1.29, 1.82) is 0 Å². The number of aromatic carboxylic acids is 2. The van der Waals surface area contributed by atoms with E-state index in [4.69, 9.17) is 10.2 Å². The van der Waals surface area contributed by atoms with Gasteiger partial charge in [0, 0.05) is 11.1 Å². The maximum Gasteiger partial charge on any atom is 0.335 e. The molecule has 0 bridgehead atoms. The van der Waals surface area contributed by atoms with Crippen molar-refractivity contribution in [1.82, 2.24) is 0 Å². The average molecular weight is 390 g/mol. The SMILES string of the molecule is O=C(O)c1ccc2cc(C#CC#Cc3ccc4cc(C(=O)O)ccc4c3)ccc2c1. The minimum absolute atomic E-state index is 0.252. The third-order valence-electron chi connectivity index (χ3n) is 4.65. The molecule has 0 amide bonds. The number of rotatable bonds is 2. The number of benzene rings is 4. The Bertz CT molecular complexity index is 1340. The maximum absolute atomic E-state index is 11.1. The van der Waals surface area contributed by atoms with Crippen LogP contribution in [0.4, 0.5) is 0 Å². The van der Waals surface area contributed by atoms with E-state index in [2.05, 4.69) is 23.7 Å². The van der Waals surface area contributed by atoms with E-state index in [1.165, 1.54) is 0 Å². The minimum Gasteiger partial charge on any atom is -0.478 e. The summed E-state index contributed by atoms with van der Waals surface area (Å²) in [4.78, 5) is 22.1. The lowest BCUT2D eigenvalue weighted by Gasteiger charge is -2.00. The molecule has 2 N–H and O–H groups in total. The van der Waals surface area contributed by atoms with Gasteiger partial charge >= 0.3 is 11.9 Å². The summed E-state index contributed by atoms with van der Waals surface area (Å²) < 4.78 is 0. The molecule has 4 nitrogen and oxygen atoms in total. The Hall–Kier alpha value is -4.54. The van der Waals surface area contributed by atoms with Crippen LogP contribution in [0.25, 0.3) is 21.5 Å². The fourth-order valence-electron chi connectivity index (χ4n) is 3.12. The van der Waals surface area contributed by atoms with E-state index in [0.29, 0.717) is 0 Å². The molecule has 0 spiro atoms. The summed E-state index contributed by atoms with van der Waals surface area (Å²) >= 11 is 0. The second-order valence-corrected chi connectivity index (χ2v) is 6.66. The predicted octanol–water partition coefficient (Wildman–Crippen LogP) is 4.79. The monoisotopic (exact) mass is 390 g/mol. The number of carboxylic acid groups (broad SMARTS) is 2. The van der Waals surface area contributed by atoms with Crippen molar-refractivity contribution in [3.8, 4) is 23.7 Å². The van der Waals surface area contributed by atoms with E-state index in [1.807, 2.05) is 36.4 Å². The summed E-state index contributed by atoms with van der Waals surface area (Å²) in [5, 5.41) is 21.6. The minimum atomic E-state index is -0.952. The molecule has 4 rings (SSSR count). The van der Waals surface area contributed by atoms with Crippen LogP contribution < -0.4 is 0 Å². The van der Waals surface area contributed by atoms with Gasteiger partial charge in [0.2, 0.25) is 0 Å². The molecule has 0 heterocycles. The van der Waals surface area contributed by atoms with Crippen LogP contribution >= 0.6 is 0 Å². The first-order chi connectivity index (χ1) is 14.5. The molecule has 0 fully saturated rings. The molecule has 0 atom stereocenters.